The first-order valence-electron chi connectivity index (χ1n) is 5.86. The zero-order valence-electron chi connectivity index (χ0n) is 10.2. The van der Waals surface area contributed by atoms with E-state index in [1.807, 2.05) is 0 Å². The zero-order chi connectivity index (χ0) is 12.1. The van der Waals surface area contributed by atoms with Crippen LogP contribution in [0.25, 0.3) is 11.0 Å². The van der Waals surface area contributed by atoms with Gasteiger partial charge in [-0.3, -0.25) is 5.10 Å². The number of rotatable bonds is 6. The van der Waals surface area contributed by atoms with Crippen LogP contribution in [0.5, 0.6) is 5.88 Å². The number of unbranched alkanes of at least 4 members (excludes halogenated alkanes) is 2. The lowest BCUT2D eigenvalue weighted by Gasteiger charge is -2.07. The molecular weight excluding hydrogens is 218 g/mol. The van der Waals surface area contributed by atoms with Crippen molar-refractivity contribution in [3.8, 4) is 5.88 Å². The van der Waals surface area contributed by atoms with Crippen LogP contribution in [0, 0.1) is 0 Å². The minimum Gasteiger partial charge on any atom is -0.477 e. The number of anilines is 1. The lowest BCUT2D eigenvalue weighted by Crippen LogP contribution is -2.03. The molecule has 92 valence electrons. The minimum atomic E-state index is 0.534. The second-order valence-corrected chi connectivity index (χ2v) is 3.79. The molecule has 0 saturated heterocycles. The van der Waals surface area contributed by atoms with Gasteiger partial charge in [0.05, 0.1) is 12.8 Å². The predicted octanol–water partition coefficient (Wildman–Crippen LogP) is 1.96. The third-order valence-electron chi connectivity index (χ3n) is 2.49. The van der Waals surface area contributed by atoms with Crippen molar-refractivity contribution < 1.29 is 4.74 Å². The van der Waals surface area contributed by atoms with Crippen LogP contribution >= 0.6 is 0 Å². The maximum Gasteiger partial charge on any atom is 0.229 e. The SMILES string of the molecule is CCCCCOc1nc(NC)nc2[nH]ncc12. The Hall–Kier alpha value is -1.85. The highest BCUT2D eigenvalue weighted by Crippen LogP contribution is 2.22. The monoisotopic (exact) mass is 235 g/mol. The van der Waals surface area contributed by atoms with Crippen molar-refractivity contribution in [3.05, 3.63) is 6.20 Å². The maximum absolute atomic E-state index is 5.67. The summed E-state index contributed by atoms with van der Waals surface area (Å²) in [6.07, 6.45) is 5.06. The van der Waals surface area contributed by atoms with Crippen molar-refractivity contribution >= 4 is 17.0 Å². The van der Waals surface area contributed by atoms with Gasteiger partial charge in [0.1, 0.15) is 5.39 Å². The Balaban J connectivity index is 2.16. The number of hydrogen-bond acceptors (Lipinski definition) is 5. The number of H-pyrrole nitrogens is 1. The lowest BCUT2D eigenvalue weighted by atomic mass is 10.3. The molecule has 6 nitrogen and oxygen atoms in total. The molecule has 0 fully saturated rings. The molecule has 0 spiro atoms. The van der Waals surface area contributed by atoms with Crippen LogP contribution in [0.4, 0.5) is 5.95 Å². The summed E-state index contributed by atoms with van der Waals surface area (Å²) in [5, 5.41) is 10.5. The average Bonchev–Trinajstić information content (AvgIpc) is 2.82. The van der Waals surface area contributed by atoms with E-state index in [9.17, 15) is 0 Å². The summed E-state index contributed by atoms with van der Waals surface area (Å²) in [5.74, 6) is 1.12. The maximum atomic E-state index is 5.67. The highest BCUT2D eigenvalue weighted by Gasteiger charge is 2.09. The lowest BCUT2D eigenvalue weighted by molar-refractivity contribution is 0.299. The van der Waals surface area contributed by atoms with Gasteiger partial charge >= 0.3 is 0 Å². The average molecular weight is 235 g/mol. The number of fused-ring (bicyclic) bond motifs is 1. The summed E-state index contributed by atoms with van der Waals surface area (Å²) in [6, 6.07) is 0. The predicted molar refractivity (Wildman–Crippen MR) is 66.3 cm³/mol. The van der Waals surface area contributed by atoms with E-state index in [1.165, 1.54) is 12.8 Å². The molecule has 17 heavy (non-hydrogen) atoms. The van der Waals surface area contributed by atoms with E-state index in [-0.39, 0.29) is 0 Å². The van der Waals surface area contributed by atoms with Crippen LogP contribution in [0.15, 0.2) is 6.20 Å². The smallest absolute Gasteiger partial charge is 0.229 e. The van der Waals surface area contributed by atoms with Crippen LogP contribution in [-0.4, -0.2) is 33.8 Å². The summed E-state index contributed by atoms with van der Waals surface area (Å²) in [5.41, 5.74) is 0.690. The quantitative estimate of drug-likeness (QED) is 0.748. The highest BCUT2D eigenvalue weighted by molar-refractivity contribution is 5.80. The van der Waals surface area contributed by atoms with E-state index in [4.69, 9.17) is 4.74 Å². The Bertz CT molecular complexity index is 482. The fourth-order valence-corrected chi connectivity index (χ4v) is 1.55. The standard InChI is InChI=1S/C11H17N5O/c1-3-4-5-6-17-10-8-7-13-16-9(8)14-11(12-2)15-10/h7H,3-6H2,1-2H3,(H2,12,13,14,15,16). The van der Waals surface area contributed by atoms with Gasteiger partial charge < -0.3 is 10.1 Å². The number of nitrogens with zero attached hydrogens (tertiary/aromatic N) is 3. The first kappa shape index (κ1) is 11.6. The van der Waals surface area contributed by atoms with E-state index in [0.717, 1.165) is 11.8 Å². The fraction of sp³-hybridized carbons (Fsp3) is 0.545. The molecule has 6 heteroatoms. The molecule has 0 atom stereocenters. The fourth-order valence-electron chi connectivity index (χ4n) is 1.55. The van der Waals surface area contributed by atoms with Gasteiger partial charge in [-0.2, -0.15) is 15.1 Å². The Labute approximate surface area is 99.8 Å². The third-order valence-corrected chi connectivity index (χ3v) is 2.49. The van der Waals surface area contributed by atoms with Gasteiger partial charge in [-0.15, -0.1) is 0 Å². The van der Waals surface area contributed by atoms with Gasteiger partial charge in [0.2, 0.25) is 11.8 Å². The third kappa shape index (κ3) is 2.64. The second-order valence-electron chi connectivity index (χ2n) is 3.79. The van der Waals surface area contributed by atoms with Gasteiger partial charge in [-0.25, -0.2) is 0 Å². The van der Waals surface area contributed by atoms with Crippen LogP contribution in [0.1, 0.15) is 26.2 Å². The molecule has 0 unspecified atom stereocenters. The largest absolute Gasteiger partial charge is 0.477 e. The molecular formula is C11H17N5O. The van der Waals surface area contributed by atoms with Gasteiger partial charge in [-0.1, -0.05) is 19.8 Å². The molecule has 0 aromatic carbocycles. The van der Waals surface area contributed by atoms with Crippen LogP contribution < -0.4 is 10.1 Å². The summed E-state index contributed by atoms with van der Waals surface area (Å²) in [7, 11) is 1.78. The topological polar surface area (TPSA) is 75.7 Å². The zero-order valence-corrected chi connectivity index (χ0v) is 10.2. The molecule has 2 aromatic heterocycles. The van der Waals surface area contributed by atoms with E-state index >= 15 is 0 Å². The normalized spacial score (nSPS) is 10.7. The molecule has 2 N–H and O–H groups in total. The van der Waals surface area contributed by atoms with Gasteiger partial charge in [-0.05, 0) is 6.42 Å². The first-order valence-corrected chi connectivity index (χ1v) is 5.86. The number of hydrogen-bond donors (Lipinski definition) is 2. The molecule has 0 aliphatic rings. The molecule has 0 amide bonds. The molecule has 0 radical (unpaired) electrons. The molecule has 2 rings (SSSR count). The number of aromatic nitrogens is 4. The van der Waals surface area contributed by atoms with Crippen LogP contribution in [0.2, 0.25) is 0 Å². The molecule has 0 aliphatic carbocycles. The van der Waals surface area contributed by atoms with Crippen molar-refractivity contribution in [2.75, 3.05) is 19.0 Å². The number of aromatic amines is 1. The van der Waals surface area contributed by atoms with Gasteiger partial charge in [0.15, 0.2) is 5.65 Å². The van der Waals surface area contributed by atoms with E-state index in [1.54, 1.807) is 13.2 Å². The van der Waals surface area contributed by atoms with Crippen molar-refractivity contribution in [1.82, 2.24) is 20.2 Å². The Morgan fingerprint density at radius 2 is 2.24 bits per heavy atom. The molecule has 2 aromatic rings. The minimum absolute atomic E-state index is 0.534. The van der Waals surface area contributed by atoms with Crippen LogP contribution in [0.3, 0.4) is 0 Å². The Kier molecular flexibility index (Phi) is 3.74. The Morgan fingerprint density at radius 3 is 3.00 bits per heavy atom. The Morgan fingerprint density at radius 1 is 1.35 bits per heavy atom. The first-order chi connectivity index (χ1) is 8.35. The second kappa shape index (κ2) is 5.47. The van der Waals surface area contributed by atoms with E-state index in [0.29, 0.717) is 24.1 Å². The van der Waals surface area contributed by atoms with E-state index in [2.05, 4.69) is 32.4 Å². The number of ether oxygens (including phenoxy) is 1. The summed E-state index contributed by atoms with van der Waals surface area (Å²) >= 11 is 0. The highest BCUT2D eigenvalue weighted by atomic mass is 16.5. The van der Waals surface area contributed by atoms with Crippen molar-refractivity contribution in [2.24, 2.45) is 0 Å². The van der Waals surface area contributed by atoms with Crippen molar-refractivity contribution in [1.29, 1.82) is 0 Å². The summed E-state index contributed by atoms with van der Waals surface area (Å²) in [6.45, 7) is 2.84. The van der Waals surface area contributed by atoms with Gasteiger partial charge in [0.25, 0.3) is 0 Å². The van der Waals surface area contributed by atoms with E-state index < -0.39 is 0 Å². The van der Waals surface area contributed by atoms with Crippen molar-refractivity contribution in [2.45, 2.75) is 26.2 Å². The molecule has 2 heterocycles. The summed E-state index contributed by atoms with van der Waals surface area (Å²) in [4.78, 5) is 8.52. The summed E-state index contributed by atoms with van der Waals surface area (Å²) < 4.78 is 5.67. The molecule has 0 bridgehead atoms. The van der Waals surface area contributed by atoms with Crippen molar-refractivity contribution in [3.63, 3.8) is 0 Å². The van der Waals surface area contributed by atoms with Gasteiger partial charge in [0, 0.05) is 7.05 Å². The van der Waals surface area contributed by atoms with Crippen LogP contribution in [-0.2, 0) is 0 Å². The molecule has 0 saturated carbocycles. The number of nitrogens with one attached hydrogen (secondary N) is 2. The molecule has 0 aliphatic heterocycles.